The van der Waals surface area contributed by atoms with Gasteiger partial charge in [0.2, 0.25) is 0 Å². The Morgan fingerprint density at radius 2 is 2.40 bits per heavy atom. The first-order chi connectivity index (χ1) is 4.88. The Hall–Kier alpha value is -1.65. The van der Waals surface area contributed by atoms with Crippen LogP contribution in [0.3, 0.4) is 0 Å². The standard InChI is InChI=1S/C5H4N4O/c10-5-2-7-8-4-1-6-3-9(4)5/h1-3,8H. The second kappa shape index (κ2) is 1.66. The largest absolute Gasteiger partial charge is 0.277 e. The summed E-state index contributed by atoms with van der Waals surface area (Å²) in [4.78, 5) is 14.6. The third kappa shape index (κ3) is 0.540. The molecule has 0 spiro atoms. The number of fused-ring (bicyclic) bond motifs is 1. The molecule has 0 radical (unpaired) electrons. The Balaban J connectivity index is 3.09. The van der Waals surface area contributed by atoms with E-state index in [-0.39, 0.29) is 5.56 Å². The van der Waals surface area contributed by atoms with Crippen LogP contribution < -0.4 is 5.56 Å². The van der Waals surface area contributed by atoms with Crippen molar-refractivity contribution in [1.82, 2.24) is 19.6 Å². The highest BCUT2D eigenvalue weighted by Gasteiger charge is 1.93. The van der Waals surface area contributed by atoms with Crippen molar-refractivity contribution < 1.29 is 0 Å². The first-order valence-electron chi connectivity index (χ1n) is 2.74. The smallest absolute Gasteiger partial charge is 0.267 e. The summed E-state index contributed by atoms with van der Waals surface area (Å²) in [7, 11) is 0. The zero-order chi connectivity index (χ0) is 6.97. The van der Waals surface area contributed by atoms with E-state index in [4.69, 9.17) is 0 Å². The molecule has 5 heteroatoms. The van der Waals surface area contributed by atoms with Crippen molar-refractivity contribution in [2.24, 2.45) is 0 Å². The molecule has 2 aromatic rings. The van der Waals surface area contributed by atoms with Crippen molar-refractivity contribution in [3.63, 3.8) is 0 Å². The van der Waals surface area contributed by atoms with Gasteiger partial charge >= 0.3 is 0 Å². The summed E-state index contributed by atoms with van der Waals surface area (Å²) in [6.45, 7) is 0. The van der Waals surface area contributed by atoms with Crippen LogP contribution in [-0.4, -0.2) is 19.6 Å². The van der Waals surface area contributed by atoms with Crippen LogP contribution in [0.4, 0.5) is 0 Å². The Morgan fingerprint density at radius 1 is 1.50 bits per heavy atom. The lowest BCUT2D eigenvalue weighted by Gasteiger charge is -1.86. The summed E-state index contributed by atoms with van der Waals surface area (Å²) in [5, 5.41) is 6.21. The number of hydrogen-bond acceptors (Lipinski definition) is 3. The molecule has 0 saturated carbocycles. The number of aromatic amines is 1. The average Bonchev–Trinajstić information content (AvgIpc) is 2.36. The lowest BCUT2D eigenvalue weighted by Crippen LogP contribution is -2.11. The van der Waals surface area contributed by atoms with Gasteiger partial charge in [-0.3, -0.25) is 9.89 Å². The number of hydrogen-bond donors (Lipinski definition) is 1. The molecule has 0 aliphatic rings. The van der Waals surface area contributed by atoms with Gasteiger partial charge in [-0.2, -0.15) is 5.10 Å². The molecular weight excluding hydrogens is 132 g/mol. The van der Waals surface area contributed by atoms with Gasteiger partial charge in [-0.15, -0.1) is 0 Å². The third-order valence-corrected chi connectivity index (χ3v) is 1.23. The van der Waals surface area contributed by atoms with Crippen molar-refractivity contribution >= 4 is 5.65 Å². The van der Waals surface area contributed by atoms with Crippen molar-refractivity contribution in [1.29, 1.82) is 0 Å². The molecule has 0 aromatic carbocycles. The van der Waals surface area contributed by atoms with Crippen LogP contribution in [0.15, 0.2) is 23.5 Å². The highest BCUT2D eigenvalue weighted by Crippen LogP contribution is 1.87. The van der Waals surface area contributed by atoms with Gasteiger partial charge in [-0.25, -0.2) is 9.38 Å². The molecule has 0 aliphatic heterocycles. The van der Waals surface area contributed by atoms with Crippen LogP contribution in [0, 0.1) is 0 Å². The number of nitrogens with one attached hydrogen (secondary N) is 1. The van der Waals surface area contributed by atoms with Gasteiger partial charge in [-0.05, 0) is 0 Å². The van der Waals surface area contributed by atoms with E-state index in [1.807, 2.05) is 0 Å². The minimum Gasteiger partial charge on any atom is -0.267 e. The fourth-order valence-corrected chi connectivity index (χ4v) is 0.769. The fourth-order valence-electron chi connectivity index (χ4n) is 0.769. The molecule has 50 valence electrons. The van der Waals surface area contributed by atoms with Crippen LogP contribution >= 0.6 is 0 Å². The molecule has 2 rings (SSSR count). The predicted molar refractivity (Wildman–Crippen MR) is 33.6 cm³/mol. The first-order valence-corrected chi connectivity index (χ1v) is 2.74. The van der Waals surface area contributed by atoms with E-state index in [1.165, 1.54) is 23.1 Å². The Kier molecular flexibility index (Phi) is 0.858. The summed E-state index contributed by atoms with van der Waals surface area (Å²) in [6, 6.07) is 0. The van der Waals surface area contributed by atoms with Gasteiger partial charge in [0.25, 0.3) is 5.56 Å². The highest BCUT2D eigenvalue weighted by molar-refractivity contribution is 5.31. The van der Waals surface area contributed by atoms with E-state index in [1.54, 1.807) is 0 Å². The lowest BCUT2D eigenvalue weighted by atomic mass is 10.7. The second-order valence-corrected chi connectivity index (χ2v) is 1.86. The lowest BCUT2D eigenvalue weighted by molar-refractivity contribution is 0.944. The number of rotatable bonds is 0. The van der Waals surface area contributed by atoms with Gasteiger partial charge in [0.15, 0.2) is 5.65 Å². The first kappa shape index (κ1) is 5.16. The van der Waals surface area contributed by atoms with E-state index in [0.29, 0.717) is 5.65 Å². The van der Waals surface area contributed by atoms with E-state index in [9.17, 15) is 4.79 Å². The summed E-state index contributed by atoms with van der Waals surface area (Å²) in [5.41, 5.74) is 0.429. The van der Waals surface area contributed by atoms with Crippen molar-refractivity contribution in [2.75, 3.05) is 0 Å². The van der Waals surface area contributed by atoms with Gasteiger partial charge in [-0.1, -0.05) is 0 Å². The quantitative estimate of drug-likeness (QED) is 0.526. The Labute approximate surface area is 55.3 Å². The molecule has 0 aliphatic carbocycles. The fraction of sp³-hybridized carbons (Fsp3) is 0. The highest BCUT2D eigenvalue weighted by atomic mass is 16.1. The van der Waals surface area contributed by atoms with Crippen molar-refractivity contribution in [3.05, 3.63) is 29.1 Å². The minimum absolute atomic E-state index is 0.175. The summed E-state index contributed by atoms with van der Waals surface area (Å²) >= 11 is 0. The van der Waals surface area contributed by atoms with Gasteiger partial charge in [0, 0.05) is 0 Å². The molecular formula is C5H4N4O. The molecule has 2 heterocycles. The van der Waals surface area contributed by atoms with Gasteiger partial charge in [0.1, 0.15) is 12.5 Å². The minimum atomic E-state index is -0.175. The third-order valence-electron chi connectivity index (χ3n) is 1.23. The molecule has 0 atom stereocenters. The van der Waals surface area contributed by atoms with Gasteiger partial charge < -0.3 is 0 Å². The SMILES string of the molecule is O=c1cn[nH]c2cncn12. The molecule has 1 N–H and O–H groups in total. The van der Waals surface area contributed by atoms with Crippen LogP contribution in [0.25, 0.3) is 5.65 Å². The maximum Gasteiger partial charge on any atom is 0.277 e. The Morgan fingerprint density at radius 3 is 3.20 bits per heavy atom. The zero-order valence-corrected chi connectivity index (χ0v) is 4.98. The number of H-pyrrole nitrogens is 1. The molecule has 10 heavy (non-hydrogen) atoms. The van der Waals surface area contributed by atoms with Crippen molar-refractivity contribution in [3.8, 4) is 0 Å². The van der Waals surface area contributed by atoms with Crippen molar-refractivity contribution in [2.45, 2.75) is 0 Å². The molecule has 2 aromatic heterocycles. The zero-order valence-electron chi connectivity index (χ0n) is 4.98. The molecule has 0 amide bonds. The van der Waals surface area contributed by atoms with E-state index in [2.05, 4.69) is 15.2 Å². The maximum absolute atomic E-state index is 10.9. The Bertz CT molecular complexity index is 401. The predicted octanol–water partition coefficient (Wildman–Crippen LogP) is -0.582. The van der Waals surface area contributed by atoms with Gasteiger partial charge in [0.05, 0.1) is 6.20 Å². The topological polar surface area (TPSA) is 63.0 Å². The average molecular weight is 136 g/mol. The van der Waals surface area contributed by atoms with E-state index >= 15 is 0 Å². The van der Waals surface area contributed by atoms with E-state index in [0.717, 1.165) is 0 Å². The molecule has 0 fully saturated rings. The number of nitrogens with zero attached hydrogens (tertiary/aromatic N) is 3. The van der Waals surface area contributed by atoms with Crippen LogP contribution in [0.2, 0.25) is 0 Å². The number of aromatic nitrogens is 4. The maximum atomic E-state index is 10.9. The normalized spacial score (nSPS) is 10.4. The second-order valence-electron chi connectivity index (χ2n) is 1.86. The summed E-state index contributed by atoms with van der Waals surface area (Å²) in [5.74, 6) is 0. The van der Waals surface area contributed by atoms with Crippen LogP contribution in [0.1, 0.15) is 0 Å². The molecule has 0 bridgehead atoms. The molecule has 5 nitrogen and oxygen atoms in total. The molecule has 0 saturated heterocycles. The molecule has 0 unspecified atom stereocenters. The monoisotopic (exact) mass is 136 g/mol. The summed E-state index contributed by atoms with van der Waals surface area (Å²) in [6.07, 6.45) is 4.18. The van der Waals surface area contributed by atoms with Crippen LogP contribution in [-0.2, 0) is 0 Å². The summed E-state index contributed by atoms with van der Waals surface area (Å²) < 4.78 is 1.38. The number of imidazole rings is 1. The van der Waals surface area contributed by atoms with E-state index < -0.39 is 0 Å². The van der Waals surface area contributed by atoms with Crippen LogP contribution in [0.5, 0.6) is 0 Å².